The molecular weight excluding hydrogens is 372 g/mol. The van der Waals surface area contributed by atoms with Crippen LogP contribution in [0.3, 0.4) is 0 Å². The number of benzene rings is 2. The molecule has 5 heteroatoms. The van der Waals surface area contributed by atoms with E-state index in [0.717, 1.165) is 41.0 Å². The summed E-state index contributed by atoms with van der Waals surface area (Å²) in [4.78, 5) is 17.4. The first-order chi connectivity index (χ1) is 14.8. The summed E-state index contributed by atoms with van der Waals surface area (Å²) < 4.78 is 1.91. The average molecular weight is 394 g/mol. The van der Waals surface area contributed by atoms with E-state index in [1.54, 1.807) is 12.4 Å². The first-order valence-corrected chi connectivity index (χ1v) is 10.2. The van der Waals surface area contributed by atoms with E-state index in [4.69, 9.17) is 0 Å². The summed E-state index contributed by atoms with van der Waals surface area (Å²) in [6, 6.07) is 24.0. The highest BCUT2D eigenvalue weighted by Gasteiger charge is 2.32. The molecule has 5 rings (SSSR count). The Hall–Kier alpha value is -3.73. The molecule has 30 heavy (non-hydrogen) atoms. The van der Waals surface area contributed by atoms with Gasteiger partial charge in [0.25, 0.3) is 5.91 Å². The van der Waals surface area contributed by atoms with Gasteiger partial charge in [-0.25, -0.2) is 4.68 Å². The predicted molar refractivity (Wildman–Crippen MR) is 116 cm³/mol. The van der Waals surface area contributed by atoms with Gasteiger partial charge < -0.3 is 5.32 Å². The topological polar surface area (TPSA) is 59.8 Å². The van der Waals surface area contributed by atoms with Crippen molar-refractivity contribution in [2.45, 2.75) is 25.3 Å². The van der Waals surface area contributed by atoms with E-state index in [1.165, 1.54) is 0 Å². The van der Waals surface area contributed by atoms with Gasteiger partial charge in [0.2, 0.25) is 0 Å². The summed E-state index contributed by atoms with van der Waals surface area (Å²) in [7, 11) is 0. The van der Waals surface area contributed by atoms with Gasteiger partial charge in [0.05, 0.1) is 28.8 Å². The Morgan fingerprint density at radius 1 is 1.00 bits per heavy atom. The van der Waals surface area contributed by atoms with E-state index in [0.29, 0.717) is 18.0 Å². The van der Waals surface area contributed by atoms with Gasteiger partial charge in [0.1, 0.15) is 0 Å². The first kappa shape index (κ1) is 18.3. The third-order valence-corrected chi connectivity index (χ3v) is 5.36. The Morgan fingerprint density at radius 3 is 2.60 bits per heavy atom. The lowest BCUT2D eigenvalue weighted by Crippen LogP contribution is -2.23. The Balaban J connectivity index is 1.35. The summed E-state index contributed by atoms with van der Waals surface area (Å²) in [6.07, 6.45) is 5.68. The number of nitrogens with one attached hydrogen (secondary N) is 1. The Kier molecular flexibility index (Phi) is 4.85. The lowest BCUT2D eigenvalue weighted by atomic mass is 10.1. The minimum Gasteiger partial charge on any atom is -0.348 e. The zero-order chi connectivity index (χ0) is 20.3. The van der Waals surface area contributed by atoms with E-state index in [9.17, 15) is 4.79 Å². The molecule has 2 aromatic heterocycles. The second-order valence-electron chi connectivity index (χ2n) is 7.56. The molecule has 0 aliphatic heterocycles. The van der Waals surface area contributed by atoms with Crippen molar-refractivity contribution in [2.24, 2.45) is 0 Å². The molecular formula is C25H22N4O. The molecule has 0 atom stereocenters. The summed E-state index contributed by atoms with van der Waals surface area (Å²) in [5.74, 6) is 0.322. The number of hydrogen-bond donors (Lipinski definition) is 1. The van der Waals surface area contributed by atoms with Crippen LogP contribution in [-0.2, 0) is 6.54 Å². The number of aromatic nitrogens is 3. The molecule has 1 aliphatic carbocycles. The maximum atomic E-state index is 13.0. The molecule has 0 unspecified atom stereocenters. The van der Waals surface area contributed by atoms with Crippen LogP contribution in [0, 0.1) is 0 Å². The van der Waals surface area contributed by atoms with Crippen molar-refractivity contribution in [1.82, 2.24) is 20.1 Å². The molecule has 1 fully saturated rings. The van der Waals surface area contributed by atoms with E-state index in [2.05, 4.69) is 21.5 Å². The zero-order valence-corrected chi connectivity index (χ0v) is 16.5. The molecule has 0 saturated heterocycles. The number of amides is 1. The molecule has 0 radical (unpaired) electrons. The van der Waals surface area contributed by atoms with Gasteiger partial charge in [-0.15, -0.1) is 0 Å². The fourth-order valence-electron chi connectivity index (χ4n) is 3.71. The van der Waals surface area contributed by atoms with Gasteiger partial charge in [-0.3, -0.25) is 9.78 Å². The molecule has 1 N–H and O–H groups in total. The van der Waals surface area contributed by atoms with Crippen LogP contribution in [0.15, 0.2) is 85.2 Å². The lowest BCUT2D eigenvalue weighted by molar-refractivity contribution is 0.0950. The van der Waals surface area contributed by atoms with Gasteiger partial charge >= 0.3 is 0 Å². The van der Waals surface area contributed by atoms with Crippen molar-refractivity contribution < 1.29 is 4.79 Å². The smallest absolute Gasteiger partial charge is 0.255 e. The van der Waals surface area contributed by atoms with Crippen molar-refractivity contribution in [3.05, 3.63) is 102 Å². The monoisotopic (exact) mass is 394 g/mol. The third kappa shape index (κ3) is 3.74. The number of rotatable bonds is 6. The lowest BCUT2D eigenvalue weighted by Gasteiger charge is -2.10. The highest BCUT2D eigenvalue weighted by molar-refractivity contribution is 5.95. The normalized spacial score (nSPS) is 13.2. The largest absolute Gasteiger partial charge is 0.348 e. The second kappa shape index (κ2) is 7.95. The van der Waals surface area contributed by atoms with E-state index >= 15 is 0 Å². The number of pyridine rings is 1. The molecule has 4 aromatic rings. The van der Waals surface area contributed by atoms with Crippen molar-refractivity contribution in [3.8, 4) is 16.9 Å². The second-order valence-corrected chi connectivity index (χ2v) is 7.56. The maximum absolute atomic E-state index is 13.0. The molecule has 5 nitrogen and oxygen atoms in total. The van der Waals surface area contributed by atoms with Crippen LogP contribution in [0.5, 0.6) is 0 Å². The zero-order valence-electron chi connectivity index (χ0n) is 16.5. The Morgan fingerprint density at radius 2 is 1.83 bits per heavy atom. The first-order valence-electron chi connectivity index (χ1n) is 10.2. The molecule has 0 bridgehead atoms. The van der Waals surface area contributed by atoms with Gasteiger partial charge in [0.15, 0.2) is 0 Å². The van der Waals surface area contributed by atoms with Crippen molar-refractivity contribution in [1.29, 1.82) is 0 Å². The van der Waals surface area contributed by atoms with Crippen LogP contribution in [0.4, 0.5) is 0 Å². The Labute approximate surface area is 175 Å². The third-order valence-electron chi connectivity index (χ3n) is 5.36. The fraction of sp³-hybridized carbons (Fsp3) is 0.160. The van der Waals surface area contributed by atoms with Crippen LogP contribution in [0.2, 0.25) is 0 Å². The quantitative estimate of drug-likeness (QED) is 0.514. The number of para-hydroxylation sites is 1. The fourth-order valence-corrected chi connectivity index (χ4v) is 3.71. The minimum atomic E-state index is -0.0812. The van der Waals surface area contributed by atoms with Crippen LogP contribution in [0.1, 0.15) is 40.4 Å². The highest BCUT2D eigenvalue weighted by Crippen LogP contribution is 2.42. The SMILES string of the molecule is O=C(NCc1cccc(-c2ccccn2)c1)c1cnn(-c2ccccc2)c1C1CC1. The number of carbonyl (C=O) groups excluding carboxylic acids is 1. The average Bonchev–Trinajstić information content (AvgIpc) is 3.56. The van der Waals surface area contributed by atoms with E-state index < -0.39 is 0 Å². The number of carbonyl (C=O) groups is 1. The summed E-state index contributed by atoms with van der Waals surface area (Å²) in [6.45, 7) is 0.458. The molecule has 2 aromatic carbocycles. The Bertz CT molecular complexity index is 1160. The van der Waals surface area contributed by atoms with Crippen molar-refractivity contribution in [2.75, 3.05) is 0 Å². The highest BCUT2D eigenvalue weighted by atomic mass is 16.1. The van der Waals surface area contributed by atoms with Crippen molar-refractivity contribution >= 4 is 5.91 Å². The van der Waals surface area contributed by atoms with Gasteiger partial charge in [-0.1, -0.05) is 42.5 Å². The van der Waals surface area contributed by atoms with Crippen LogP contribution >= 0.6 is 0 Å². The molecule has 148 valence electrons. The van der Waals surface area contributed by atoms with Crippen molar-refractivity contribution in [3.63, 3.8) is 0 Å². The van der Waals surface area contributed by atoms with Crippen LogP contribution in [-0.4, -0.2) is 20.7 Å². The molecule has 1 aliphatic rings. The summed E-state index contributed by atoms with van der Waals surface area (Å²) in [5.41, 5.74) is 5.67. The van der Waals surface area contributed by atoms with Gasteiger partial charge in [-0.2, -0.15) is 5.10 Å². The number of hydrogen-bond acceptors (Lipinski definition) is 3. The molecule has 0 spiro atoms. The maximum Gasteiger partial charge on any atom is 0.255 e. The standard InChI is InChI=1S/C25H22N4O/c30-25(27-16-18-7-6-8-20(15-18)23-11-4-5-14-26-23)22-17-28-29(24(22)19-12-13-19)21-9-2-1-3-10-21/h1-11,14-15,17,19H,12-13,16H2,(H,27,30). The molecule has 1 amide bonds. The van der Waals surface area contributed by atoms with Gasteiger partial charge in [-0.05, 0) is 48.7 Å². The van der Waals surface area contributed by atoms with E-state index in [-0.39, 0.29) is 5.91 Å². The minimum absolute atomic E-state index is 0.0812. The van der Waals surface area contributed by atoms with Crippen LogP contribution < -0.4 is 5.32 Å². The predicted octanol–water partition coefficient (Wildman–Crippen LogP) is 4.74. The summed E-state index contributed by atoms with van der Waals surface area (Å²) in [5, 5.41) is 7.59. The van der Waals surface area contributed by atoms with E-state index in [1.807, 2.05) is 71.4 Å². The van der Waals surface area contributed by atoms with Gasteiger partial charge in [0, 0.05) is 24.2 Å². The number of nitrogens with zero attached hydrogens (tertiary/aromatic N) is 3. The molecule has 2 heterocycles. The molecule has 1 saturated carbocycles. The van der Waals surface area contributed by atoms with Crippen LogP contribution in [0.25, 0.3) is 16.9 Å². The summed E-state index contributed by atoms with van der Waals surface area (Å²) >= 11 is 0.